The number of nitrogens with zero attached hydrogens (tertiary/aromatic N) is 2. The van der Waals surface area contributed by atoms with Crippen LogP contribution in [0.1, 0.15) is 50.2 Å². The average Bonchev–Trinajstić information content (AvgIpc) is 3.30. The van der Waals surface area contributed by atoms with E-state index >= 15 is 0 Å². The van der Waals surface area contributed by atoms with Crippen LogP contribution in [0.25, 0.3) is 21.1 Å². The second-order valence-electron chi connectivity index (χ2n) is 6.44. The molecule has 0 atom stereocenters. The molecule has 3 aromatic heterocycles. The summed E-state index contributed by atoms with van der Waals surface area (Å²) in [7, 11) is 0. The molecule has 4 rings (SSSR count). The molecular formula is C22H26N2OS. The first-order valence-electron chi connectivity index (χ1n) is 8.94. The normalized spacial score (nSPS) is 11.2. The number of hydrogen-bond acceptors (Lipinski definition) is 2. The Labute approximate surface area is 158 Å². The molecule has 0 unspecified atom stereocenters. The highest BCUT2D eigenvalue weighted by molar-refractivity contribution is 7.16. The summed E-state index contributed by atoms with van der Waals surface area (Å²) in [6.45, 7) is 6.12. The van der Waals surface area contributed by atoms with Crippen molar-refractivity contribution in [3.05, 3.63) is 59.2 Å². The lowest BCUT2D eigenvalue weighted by atomic mass is 10.1. The van der Waals surface area contributed by atoms with Crippen molar-refractivity contribution in [1.82, 2.24) is 9.13 Å². The number of fused-ring (bicyclic) bond motifs is 2. The predicted molar refractivity (Wildman–Crippen MR) is 112 cm³/mol. The molecule has 0 amide bonds. The van der Waals surface area contributed by atoms with Crippen molar-refractivity contribution < 1.29 is 4.79 Å². The zero-order chi connectivity index (χ0) is 17.4. The molecule has 0 fully saturated rings. The first-order chi connectivity index (χ1) is 12.2. The third-order valence-electron chi connectivity index (χ3n) is 4.68. The van der Waals surface area contributed by atoms with Gasteiger partial charge in [-0.1, -0.05) is 39.5 Å². The highest BCUT2D eigenvalue weighted by Gasteiger charge is 2.21. The van der Waals surface area contributed by atoms with Gasteiger partial charge in [0.05, 0.1) is 5.69 Å². The molecular weight excluding hydrogens is 340 g/mol. The predicted octanol–water partition coefficient (Wildman–Crippen LogP) is 6.34. The van der Waals surface area contributed by atoms with Gasteiger partial charge in [0.15, 0.2) is 0 Å². The number of ketones is 1. The molecule has 0 bridgehead atoms. The number of thiophene rings is 1. The zero-order valence-electron chi connectivity index (χ0n) is 14.7. The molecule has 0 aliphatic carbocycles. The fourth-order valence-corrected chi connectivity index (χ4v) is 4.52. The van der Waals surface area contributed by atoms with Gasteiger partial charge in [-0.15, -0.1) is 11.3 Å². The number of aryl methyl sites for hydroxylation is 2. The molecule has 0 aliphatic rings. The minimum atomic E-state index is 0. The Morgan fingerprint density at radius 1 is 1.08 bits per heavy atom. The zero-order valence-corrected chi connectivity index (χ0v) is 15.5. The summed E-state index contributed by atoms with van der Waals surface area (Å²) in [6.07, 6.45) is 4.10. The van der Waals surface area contributed by atoms with Crippen LogP contribution in [0.4, 0.5) is 0 Å². The summed E-state index contributed by atoms with van der Waals surface area (Å²) in [5.41, 5.74) is 2.76. The summed E-state index contributed by atoms with van der Waals surface area (Å²) >= 11 is 1.71. The van der Waals surface area contributed by atoms with Crippen LogP contribution in [0.3, 0.4) is 0 Å². The Balaban J connectivity index is 0.00000196. The van der Waals surface area contributed by atoms with Crippen LogP contribution in [0, 0.1) is 0 Å². The first kappa shape index (κ1) is 18.5. The van der Waals surface area contributed by atoms with Crippen molar-refractivity contribution in [3.63, 3.8) is 0 Å². The van der Waals surface area contributed by atoms with Crippen molar-refractivity contribution in [1.29, 1.82) is 0 Å². The molecule has 136 valence electrons. The maximum atomic E-state index is 13.4. The Hall–Kier alpha value is -2.33. The average molecular weight is 367 g/mol. The largest absolute Gasteiger partial charge is 0.347 e. The molecule has 4 aromatic rings. The third-order valence-corrected chi connectivity index (χ3v) is 5.63. The van der Waals surface area contributed by atoms with Gasteiger partial charge in [-0.25, -0.2) is 0 Å². The van der Waals surface area contributed by atoms with E-state index < -0.39 is 0 Å². The van der Waals surface area contributed by atoms with Gasteiger partial charge < -0.3 is 9.13 Å². The number of para-hydroxylation sites is 1. The molecule has 0 saturated carbocycles. The van der Waals surface area contributed by atoms with Gasteiger partial charge in [0.25, 0.3) is 0 Å². The molecule has 1 aromatic carbocycles. The van der Waals surface area contributed by atoms with Crippen molar-refractivity contribution in [2.75, 3.05) is 0 Å². The van der Waals surface area contributed by atoms with E-state index in [-0.39, 0.29) is 13.2 Å². The van der Waals surface area contributed by atoms with Crippen LogP contribution >= 0.6 is 11.3 Å². The summed E-state index contributed by atoms with van der Waals surface area (Å²) in [6, 6.07) is 12.4. The summed E-state index contributed by atoms with van der Waals surface area (Å²) in [5.74, 6) is 0.128. The second-order valence-corrected chi connectivity index (χ2v) is 7.34. The molecule has 0 saturated heterocycles. The lowest BCUT2D eigenvalue weighted by molar-refractivity contribution is 0.103. The van der Waals surface area contributed by atoms with E-state index in [0.717, 1.165) is 48.1 Å². The number of aromatic nitrogens is 2. The Bertz CT molecular complexity index is 1050. The van der Waals surface area contributed by atoms with Crippen molar-refractivity contribution in [2.45, 2.75) is 47.2 Å². The molecule has 3 heterocycles. The Morgan fingerprint density at radius 3 is 2.62 bits per heavy atom. The van der Waals surface area contributed by atoms with Crippen LogP contribution in [0.5, 0.6) is 0 Å². The number of hydrogen-bond donors (Lipinski definition) is 0. The molecule has 4 heteroatoms. The highest BCUT2D eigenvalue weighted by Crippen LogP contribution is 2.30. The topological polar surface area (TPSA) is 26.9 Å². The Kier molecular flexibility index (Phi) is 5.33. The van der Waals surface area contributed by atoms with E-state index in [1.165, 1.54) is 10.2 Å². The fraction of sp³-hybridized carbons (Fsp3) is 0.318. The molecule has 3 nitrogen and oxygen atoms in total. The number of rotatable bonds is 6. The van der Waals surface area contributed by atoms with Crippen LogP contribution in [-0.2, 0) is 13.1 Å². The van der Waals surface area contributed by atoms with E-state index in [2.05, 4.69) is 52.6 Å². The third kappa shape index (κ3) is 2.88. The SMILES string of the molecule is C.CCCn1cc(C(=O)c2cc3ccsc3n2CCC)c2ccccc21. The van der Waals surface area contributed by atoms with Gasteiger partial charge in [-0.3, -0.25) is 4.79 Å². The van der Waals surface area contributed by atoms with Crippen LogP contribution in [0.2, 0.25) is 0 Å². The first-order valence-corrected chi connectivity index (χ1v) is 9.81. The Morgan fingerprint density at radius 2 is 1.85 bits per heavy atom. The monoisotopic (exact) mass is 366 g/mol. The second kappa shape index (κ2) is 7.50. The quantitative estimate of drug-likeness (QED) is 0.366. The molecule has 0 aliphatic heterocycles. The van der Waals surface area contributed by atoms with E-state index in [0.29, 0.717) is 0 Å². The van der Waals surface area contributed by atoms with E-state index in [4.69, 9.17) is 0 Å². The number of carbonyl (C=O) groups is 1. The number of benzene rings is 1. The summed E-state index contributed by atoms with van der Waals surface area (Å²) < 4.78 is 4.40. The maximum Gasteiger partial charge on any atom is 0.211 e. The molecule has 0 radical (unpaired) electrons. The van der Waals surface area contributed by atoms with Gasteiger partial charge in [0.1, 0.15) is 4.83 Å². The van der Waals surface area contributed by atoms with E-state index in [1.54, 1.807) is 11.3 Å². The van der Waals surface area contributed by atoms with Crippen LogP contribution in [-0.4, -0.2) is 14.9 Å². The lowest BCUT2D eigenvalue weighted by Crippen LogP contribution is -2.09. The lowest BCUT2D eigenvalue weighted by Gasteiger charge is -2.07. The van der Waals surface area contributed by atoms with Crippen molar-refractivity contribution in [2.24, 2.45) is 0 Å². The standard InChI is InChI=1S/C21H22N2OS.CH4/c1-3-10-22-14-17(16-7-5-6-8-18(16)22)20(24)19-13-15-9-12-25-21(15)23(19)11-4-2;/h5-9,12-14H,3-4,10-11H2,1-2H3;1H4. The van der Waals surface area contributed by atoms with Gasteiger partial charge in [0, 0.05) is 41.1 Å². The minimum Gasteiger partial charge on any atom is -0.347 e. The van der Waals surface area contributed by atoms with Gasteiger partial charge in [0.2, 0.25) is 5.78 Å². The van der Waals surface area contributed by atoms with E-state index in [1.807, 2.05) is 18.3 Å². The smallest absolute Gasteiger partial charge is 0.211 e. The number of carbonyl (C=O) groups excluding carboxylic acids is 1. The van der Waals surface area contributed by atoms with Crippen LogP contribution in [0.15, 0.2) is 48.0 Å². The van der Waals surface area contributed by atoms with Gasteiger partial charge in [-0.05, 0) is 36.4 Å². The van der Waals surface area contributed by atoms with Crippen LogP contribution < -0.4 is 0 Å². The molecule has 26 heavy (non-hydrogen) atoms. The highest BCUT2D eigenvalue weighted by atomic mass is 32.1. The fourth-order valence-electron chi connectivity index (χ4n) is 3.60. The maximum absolute atomic E-state index is 13.4. The minimum absolute atomic E-state index is 0. The summed E-state index contributed by atoms with van der Waals surface area (Å²) in [4.78, 5) is 14.6. The van der Waals surface area contributed by atoms with E-state index in [9.17, 15) is 4.79 Å². The molecule has 0 spiro atoms. The summed E-state index contributed by atoms with van der Waals surface area (Å²) in [5, 5.41) is 4.31. The van der Waals surface area contributed by atoms with Crippen molar-refractivity contribution >= 4 is 38.2 Å². The van der Waals surface area contributed by atoms with Crippen molar-refractivity contribution in [3.8, 4) is 0 Å². The van der Waals surface area contributed by atoms with Gasteiger partial charge in [-0.2, -0.15) is 0 Å². The van der Waals surface area contributed by atoms with Gasteiger partial charge >= 0.3 is 0 Å². The molecule has 0 N–H and O–H groups in total.